The number of halogens is 1. The van der Waals surface area contributed by atoms with Crippen LogP contribution in [0.15, 0.2) is 36.4 Å². The van der Waals surface area contributed by atoms with Gasteiger partial charge in [-0.1, -0.05) is 12.1 Å². The van der Waals surface area contributed by atoms with Crippen molar-refractivity contribution in [1.82, 2.24) is 0 Å². The predicted octanol–water partition coefficient (Wildman–Crippen LogP) is 2.49. The van der Waals surface area contributed by atoms with E-state index >= 15 is 0 Å². The van der Waals surface area contributed by atoms with E-state index in [4.69, 9.17) is 20.3 Å². The molecule has 5 heteroatoms. The Bertz CT molecular complexity index is 602. The summed E-state index contributed by atoms with van der Waals surface area (Å²) in [4.78, 5) is 0. The van der Waals surface area contributed by atoms with Crippen LogP contribution in [0, 0.1) is 5.82 Å². The fraction of sp³-hybridized carbons (Fsp3) is 0.200. The molecule has 0 spiro atoms. The van der Waals surface area contributed by atoms with Crippen LogP contribution in [0.2, 0.25) is 0 Å². The Balaban J connectivity index is 2.12. The minimum Gasteiger partial charge on any atom is -0.493 e. The van der Waals surface area contributed by atoms with Crippen molar-refractivity contribution in [2.75, 3.05) is 12.8 Å². The van der Waals surface area contributed by atoms with Crippen molar-refractivity contribution in [3.05, 3.63) is 53.3 Å². The van der Waals surface area contributed by atoms with Crippen LogP contribution < -0.4 is 15.2 Å². The average molecular weight is 277 g/mol. The van der Waals surface area contributed by atoms with Crippen LogP contribution >= 0.6 is 0 Å². The van der Waals surface area contributed by atoms with Gasteiger partial charge < -0.3 is 20.3 Å². The van der Waals surface area contributed by atoms with E-state index in [1.807, 2.05) is 0 Å². The summed E-state index contributed by atoms with van der Waals surface area (Å²) in [7, 11) is 1.52. The third kappa shape index (κ3) is 3.19. The maximum absolute atomic E-state index is 13.3. The minimum atomic E-state index is -0.464. The summed E-state index contributed by atoms with van der Waals surface area (Å²) < 4.78 is 24.1. The Morgan fingerprint density at radius 3 is 2.50 bits per heavy atom. The van der Waals surface area contributed by atoms with Crippen molar-refractivity contribution >= 4 is 5.69 Å². The summed E-state index contributed by atoms with van der Waals surface area (Å²) in [6.07, 6.45) is 0. The average Bonchev–Trinajstić information content (AvgIpc) is 2.48. The fourth-order valence-electron chi connectivity index (χ4n) is 1.75. The molecular formula is C15H16FNO3. The molecule has 20 heavy (non-hydrogen) atoms. The van der Waals surface area contributed by atoms with Gasteiger partial charge in [0, 0.05) is 0 Å². The van der Waals surface area contributed by atoms with Gasteiger partial charge in [0.2, 0.25) is 0 Å². The van der Waals surface area contributed by atoms with Gasteiger partial charge in [-0.15, -0.1) is 0 Å². The Morgan fingerprint density at radius 2 is 1.85 bits per heavy atom. The number of rotatable bonds is 5. The SMILES string of the molecule is COc1cc(CO)ccc1OCc1ccc(N)c(F)c1. The molecule has 2 aromatic carbocycles. The maximum Gasteiger partial charge on any atom is 0.161 e. The van der Waals surface area contributed by atoms with Crippen molar-refractivity contribution in [3.8, 4) is 11.5 Å². The number of anilines is 1. The molecule has 0 aliphatic carbocycles. The lowest BCUT2D eigenvalue weighted by Crippen LogP contribution is -2.00. The maximum atomic E-state index is 13.3. The zero-order valence-corrected chi connectivity index (χ0v) is 11.1. The monoisotopic (exact) mass is 277 g/mol. The number of aliphatic hydroxyl groups is 1. The lowest BCUT2D eigenvalue weighted by atomic mass is 10.2. The summed E-state index contributed by atoms with van der Waals surface area (Å²) in [5.74, 6) is 0.586. The van der Waals surface area contributed by atoms with Gasteiger partial charge >= 0.3 is 0 Å². The standard InChI is InChI=1S/C15H16FNO3/c1-19-15-7-10(8-18)3-5-14(15)20-9-11-2-4-13(17)12(16)6-11/h2-7,18H,8-9,17H2,1H3. The highest BCUT2D eigenvalue weighted by Gasteiger charge is 2.07. The summed E-state index contributed by atoms with van der Waals surface area (Å²) in [5.41, 5.74) is 6.92. The number of hydrogen-bond acceptors (Lipinski definition) is 4. The van der Waals surface area contributed by atoms with Crippen LogP contribution in [0.3, 0.4) is 0 Å². The van der Waals surface area contributed by atoms with E-state index < -0.39 is 5.82 Å². The van der Waals surface area contributed by atoms with E-state index in [1.165, 1.54) is 19.2 Å². The van der Waals surface area contributed by atoms with E-state index in [1.54, 1.807) is 24.3 Å². The highest BCUT2D eigenvalue weighted by atomic mass is 19.1. The molecule has 4 nitrogen and oxygen atoms in total. The lowest BCUT2D eigenvalue weighted by molar-refractivity contribution is 0.274. The molecule has 2 aromatic rings. The molecule has 0 aliphatic heterocycles. The van der Waals surface area contributed by atoms with Crippen molar-refractivity contribution in [2.45, 2.75) is 13.2 Å². The zero-order chi connectivity index (χ0) is 14.5. The Kier molecular flexibility index (Phi) is 4.42. The quantitative estimate of drug-likeness (QED) is 0.824. The molecule has 0 heterocycles. The summed E-state index contributed by atoms with van der Waals surface area (Å²) >= 11 is 0. The van der Waals surface area contributed by atoms with E-state index in [9.17, 15) is 4.39 Å². The van der Waals surface area contributed by atoms with Crippen LogP contribution in [0.1, 0.15) is 11.1 Å². The molecule has 0 unspecified atom stereocenters. The Labute approximate surface area is 116 Å². The molecular weight excluding hydrogens is 261 g/mol. The molecule has 0 fully saturated rings. The minimum absolute atomic E-state index is 0.0696. The molecule has 0 bridgehead atoms. The van der Waals surface area contributed by atoms with Gasteiger partial charge in [-0.3, -0.25) is 0 Å². The van der Waals surface area contributed by atoms with Crippen molar-refractivity contribution < 1.29 is 19.0 Å². The molecule has 0 radical (unpaired) electrons. The normalized spacial score (nSPS) is 10.3. The Morgan fingerprint density at radius 1 is 1.10 bits per heavy atom. The molecule has 0 saturated carbocycles. The second-order valence-electron chi connectivity index (χ2n) is 4.29. The van der Waals surface area contributed by atoms with Crippen LogP contribution in [0.5, 0.6) is 11.5 Å². The molecule has 0 amide bonds. The topological polar surface area (TPSA) is 64.7 Å². The molecule has 0 atom stereocenters. The molecule has 0 aliphatic rings. The predicted molar refractivity (Wildman–Crippen MR) is 74.1 cm³/mol. The first-order valence-corrected chi connectivity index (χ1v) is 6.08. The van der Waals surface area contributed by atoms with Gasteiger partial charge in [-0.2, -0.15) is 0 Å². The summed E-state index contributed by atoms with van der Waals surface area (Å²) in [5, 5.41) is 9.06. The molecule has 0 saturated heterocycles. The second-order valence-corrected chi connectivity index (χ2v) is 4.29. The first-order valence-electron chi connectivity index (χ1n) is 6.08. The first-order chi connectivity index (χ1) is 9.63. The lowest BCUT2D eigenvalue weighted by Gasteiger charge is -2.12. The number of methoxy groups -OCH3 is 1. The van der Waals surface area contributed by atoms with Gasteiger partial charge in [-0.25, -0.2) is 4.39 Å². The summed E-state index contributed by atoms with van der Waals surface area (Å²) in [6.45, 7) is 0.131. The molecule has 3 N–H and O–H groups in total. The van der Waals surface area contributed by atoms with Crippen LogP contribution in [-0.4, -0.2) is 12.2 Å². The largest absolute Gasteiger partial charge is 0.493 e. The van der Waals surface area contributed by atoms with Crippen LogP contribution in [-0.2, 0) is 13.2 Å². The van der Waals surface area contributed by atoms with E-state index in [0.717, 1.165) is 5.56 Å². The number of nitrogen functional groups attached to an aromatic ring is 1. The van der Waals surface area contributed by atoms with Crippen molar-refractivity contribution in [2.24, 2.45) is 0 Å². The number of ether oxygens (including phenoxy) is 2. The van der Waals surface area contributed by atoms with Gasteiger partial charge in [0.05, 0.1) is 19.4 Å². The molecule has 0 aromatic heterocycles. The number of benzene rings is 2. The Hall–Kier alpha value is -2.27. The summed E-state index contributed by atoms with van der Waals surface area (Å²) in [6, 6.07) is 9.68. The first kappa shape index (κ1) is 14.1. The van der Waals surface area contributed by atoms with E-state index in [-0.39, 0.29) is 18.9 Å². The van der Waals surface area contributed by atoms with Crippen molar-refractivity contribution in [1.29, 1.82) is 0 Å². The third-order valence-corrected chi connectivity index (χ3v) is 2.87. The highest BCUT2D eigenvalue weighted by molar-refractivity contribution is 5.44. The van der Waals surface area contributed by atoms with Gasteiger partial charge in [0.1, 0.15) is 12.4 Å². The number of nitrogens with two attached hydrogens (primary N) is 1. The number of hydrogen-bond donors (Lipinski definition) is 2. The smallest absolute Gasteiger partial charge is 0.161 e. The van der Waals surface area contributed by atoms with Gasteiger partial charge in [0.25, 0.3) is 0 Å². The van der Waals surface area contributed by atoms with Crippen LogP contribution in [0.25, 0.3) is 0 Å². The van der Waals surface area contributed by atoms with E-state index in [2.05, 4.69) is 0 Å². The molecule has 2 rings (SSSR count). The van der Waals surface area contributed by atoms with Gasteiger partial charge in [-0.05, 0) is 35.4 Å². The van der Waals surface area contributed by atoms with Crippen molar-refractivity contribution in [3.63, 3.8) is 0 Å². The third-order valence-electron chi connectivity index (χ3n) is 2.87. The second kappa shape index (κ2) is 6.25. The van der Waals surface area contributed by atoms with E-state index in [0.29, 0.717) is 17.1 Å². The van der Waals surface area contributed by atoms with Gasteiger partial charge in [0.15, 0.2) is 11.5 Å². The number of aliphatic hydroxyl groups excluding tert-OH is 1. The zero-order valence-electron chi connectivity index (χ0n) is 11.1. The highest BCUT2D eigenvalue weighted by Crippen LogP contribution is 2.29. The fourth-order valence-corrected chi connectivity index (χ4v) is 1.75. The molecule has 106 valence electrons. The van der Waals surface area contributed by atoms with Crippen LogP contribution in [0.4, 0.5) is 10.1 Å².